The summed E-state index contributed by atoms with van der Waals surface area (Å²) in [6, 6.07) is 7.01. The molecule has 1 aromatic heterocycles. The van der Waals surface area contributed by atoms with Gasteiger partial charge in [-0.15, -0.1) is 0 Å². The van der Waals surface area contributed by atoms with E-state index >= 15 is 0 Å². The monoisotopic (exact) mass is 487 g/mol. The van der Waals surface area contributed by atoms with E-state index in [2.05, 4.69) is 17.2 Å². The van der Waals surface area contributed by atoms with Crippen molar-refractivity contribution < 1.29 is 14.3 Å². The van der Waals surface area contributed by atoms with Gasteiger partial charge in [-0.1, -0.05) is 25.4 Å². The average molecular weight is 488 g/mol. The van der Waals surface area contributed by atoms with Gasteiger partial charge in [-0.25, -0.2) is 4.98 Å². The molecule has 2 atom stereocenters. The third-order valence-corrected chi connectivity index (χ3v) is 6.22. The number of carbonyl (C=O) groups is 2. The number of rotatable bonds is 7. The molecule has 9 heteroatoms. The first-order chi connectivity index (χ1) is 16.2. The number of aromatic nitrogens is 1. The Morgan fingerprint density at radius 1 is 1.26 bits per heavy atom. The van der Waals surface area contributed by atoms with E-state index in [0.717, 1.165) is 30.5 Å². The molecule has 1 aromatic carbocycles. The molecule has 1 saturated heterocycles. The molecule has 184 valence electrons. The number of nitrogens with two attached hydrogens (primary N) is 1. The van der Waals surface area contributed by atoms with Gasteiger partial charge in [0.05, 0.1) is 17.9 Å². The molecule has 0 radical (unpaired) electrons. The minimum atomic E-state index is -0.697. The standard InChI is InChI=1S/C25H34ClN5O3/c1-5-17-11-20(14-28-23(17)27)29-24(32)25(33)31-15-16(2)6-7-22(31)18-10-19(26)13-21(12-18)34-9-8-30(3)4/h10-14,16,22H,5-9,15H2,1-4H3,(H2,27,28)(H,29,32)/t16-,22?/m0/s1. The van der Waals surface area contributed by atoms with Gasteiger partial charge in [0.2, 0.25) is 0 Å². The Kier molecular flexibility index (Phi) is 8.74. The minimum Gasteiger partial charge on any atom is -0.492 e. The number of anilines is 2. The summed E-state index contributed by atoms with van der Waals surface area (Å²) in [5, 5.41) is 3.22. The SMILES string of the molecule is CCc1cc(NC(=O)C(=O)N2C[C@@H](C)CCC2c2cc(Cl)cc(OCCN(C)C)c2)cnc1N. The maximum Gasteiger partial charge on any atom is 0.313 e. The molecule has 34 heavy (non-hydrogen) atoms. The highest BCUT2D eigenvalue weighted by atomic mass is 35.5. The molecule has 2 heterocycles. The lowest BCUT2D eigenvalue weighted by Gasteiger charge is -2.38. The van der Waals surface area contributed by atoms with E-state index in [1.165, 1.54) is 6.20 Å². The van der Waals surface area contributed by atoms with Crippen LogP contribution in [-0.2, 0) is 16.0 Å². The molecule has 1 aliphatic heterocycles. The van der Waals surface area contributed by atoms with Gasteiger partial charge in [-0.2, -0.15) is 0 Å². The summed E-state index contributed by atoms with van der Waals surface area (Å²) in [6.07, 6.45) is 3.82. The van der Waals surface area contributed by atoms with Gasteiger partial charge in [-0.05, 0) is 74.7 Å². The summed E-state index contributed by atoms with van der Waals surface area (Å²) in [5.41, 5.74) is 7.98. The van der Waals surface area contributed by atoms with Gasteiger partial charge in [0.25, 0.3) is 0 Å². The van der Waals surface area contributed by atoms with Crippen LogP contribution in [0, 0.1) is 5.92 Å². The molecule has 8 nitrogen and oxygen atoms in total. The van der Waals surface area contributed by atoms with Crippen molar-refractivity contribution in [3.8, 4) is 5.75 Å². The molecule has 0 bridgehead atoms. The fourth-order valence-electron chi connectivity index (χ4n) is 4.12. The fourth-order valence-corrected chi connectivity index (χ4v) is 4.35. The zero-order valence-electron chi connectivity index (χ0n) is 20.3. The fraction of sp³-hybridized carbons (Fsp3) is 0.480. The van der Waals surface area contributed by atoms with E-state index in [-0.39, 0.29) is 12.0 Å². The number of benzene rings is 1. The zero-order chi connectivity index (χ0) is 24.8. The highest BCUT2D eigenvalue weighted by molar-refractivity contribution is 6.39. The number of hydrogen-bond acceptors (Lipinski definition) is 6. The number of ether oxygens (including phenoxy) is 1. The van der Waals surface area contributed by atoms with Crippen LogP contribution < -0.4 is 15.8 Å². The summed E-state index contributed by atoms with van der Waals surface area (Å²) in [6.45, 7) is 5.82. The van der Waals surface area contributed by atoms with Crippen LogP contribution in [0.4, 0.5) is 11.5 Å². The van der Waals surface area contributed by atoms with Crippen LogP contribution in [0.3, 0.4) is 0 Å². The van der Waals surface area contributed by atoms with Crippen LogP contribution in [0.25, 0.3) is 0 Å². The number of piperidine rings is 1. The summed E-state index contributed by atoms with van der Waals surface area (Å²) in [7, 11) is 3.96. The van der Waals surface area contributed by atoms with Crippen LogP contribution >= 0.6 is 11.6 Å². The maximum absolute atomic E-state index is 13.3. The van der Waals surface area contributed by atoms with Crippen LogP contribution in [0.5, 0.6) is 5.75 Å². The average Bonchev–Trinajstić information content (AvgIpc) is 2.79. The highest BCUT2D eigenvalue weighted by Crippen LogP contribution is 2.36. The second kappa shape index (κ2) is 11.5. The van der Waals surface area contributed by atoms with E-state index in [1.54, 1.807) is 17.0 Å². The molecule has 3 N–H and O–H groups in total. The van der Waals surface area contributed by atoms with Crippen LogP contribution in [0.1, 0.15) is 43.9 Å². The number of likely N-dealkylation sites (N-methyl/N-ethyl adjacent to an activating group) is 1. The number of amides is 2. The van der Waals surface area contributed by atoms with E-state index in [4.69, 9.17) is 22.1 Å². The third-order valence-electron chi connectivity index (χ3n) is 6.00. The zero-order valence-corrected chi connectivity index (χ0v) is 21.1. The highest BCUT2D eigenvalue weighted by Gasteiger charge is 2.34. The van der Waals surface area contributed by atoms with Gasteiger partial charge in [-0.3, -0.25) is 9.59 Å². The van der Waals surface area contributed by atoms with Crippen molar-refractivity contribution in [2.24, 2.45) is 5.92 Å². The molecule has 2 amide bonds. The molecule has 1 aliphatic rings. The quantitative estimate of drug-likeness (QED) is 0.577. The molecular weight excluding hydrogens is 454 g/mol. The number of nitrogens with zero attached hydrogens (tertiary/aromatic N) is 3. The Morgan fingerprint density at radius 2 is 2.03 bits per heavy atom. The molecular formula is C25H34ClN5O3. The first-order valence-electron chi connectivity index (χ1n) is 11.6. The molecule has 0 saturated carbocycles. The number of nitrogen functional groups attached to an aromatic ring is 1. The van der Waals surface area contributed by atoms with Crippen molar-refractivity contribution >= 4 is 34.9 Å². The largest absolute Gasteiger partial charge is 0.492 e. The predicted octanol–water partition coefficient (Wildman–Crippen LogP) is 3.76. The topological polar surface area (TPSA) is 101 Å². The Bertz CT molecular complexity index is 1030. The molecule has 2 aromatic rings. The minimum absolute atomic E-state index is 0.264. The number of likely N-dealkylation sites (tertiary alicyclic amines) is 1. The lowest BCUT2D eigenvalue weighted by molar-refractivity contribution is -0.146. The van der Waals surface area contributed by atoms with Gasteiger partial charge < -0.3 is 25.6 Å². The Balaban J connectivity index is 1.79. The Morgan fingerprint density at radius 3 is 2.74 bits per heavy atom. The van der Waals surface area contributed by atoms with Crippen LogP contribution in [0.2, 0.25) is 5.02 Å². The molecule has 0 aliphatic carbocycles. The van der Waals surface area contributed by atoms with E-state index in [9.17, 15) is 9.59 Å². The first-order valence-corrected chi connectivity index (χ1v) is 12.0. The number of pyridine rings is 1. The number of hydrogen-bond donors (Lipinski definition) is 2. The van der Waals surface area contributed by atoms with Crippen molar-refractivity contribution in [3.05, 3.63) is 46.6 Å². The third kappa shape index (κ3) is 6.61. The number of carbonyl (C=O) groups excluding carboxylic acids is 2. The summed E-state index contributed by atoms with van der Waals surface area (Å²) in [4.78, 5) is 34.0. The van der Waals surface area contributed by atoms with Gasteiger partial charge in [0.15, 0.2) is 0 Å². The van der Waals surface area contributed by atoms with Crippen molar-refractivity contribution in [1.29, 1.82) is 0 Å². The normalized spacial score (nSPS) is 18.1. The first kappa shape index (κ1) is 25.8. The van der Waals surface area contributed by atoms with Crippen molar-refractivity contribution in [1.82, 2.24) is 14.8 Å². The lowest BCUT2D eigenvalue weighted by Crippen LogP contribution is -2.46. The molecule has 3 rings (SSSR count). The van der Waals surface area contributed by atoms with Crippen molar-refractivity contribution in [2.45, 2.75) is 39.2 Å². The van der Waals surface area contributed by atoms with Crippen molar-refractivity contribution in [3.63, 3.8) is 0 Å². The van der Waals surface area contributed by atoms with Gasteiger partial charge in [0, 0.05) is 18.1 Å². The molecule has 0 spiro atoms. The number of halogens is 1. The molecule has 1 fully saturated rings. The van der Waals surface area contributed by atoms with E-state index < -0.39 is 11.8 Å². The Hall–Kier alpha value is -2.84. The maximum atomic E-state index is 13.3. The Labute approximate surface area is 206 Å². The number of nitrogens with one attached hydrogen (secondary N) is 1. The second-order valence-corrected chi connectivity index (χ2v) is 9.54. The van der Waals surface area contributed by atoms with Crippen LogP contribution in [-0.4, -0.2) is 60.4 Å². The predicted molar refractivity (Wildman–Crippen MR) is 135 cm³/mol. The second-order valence-electron chi connectivity index (χ2n) is 9.10. The smallest absolute Gasteiger partial charge is 0.313 e. The van der Waals surface area contributed by atoms with Gasteiger partial charge >= 0.3 is 11.8 Å². The van der Waals surface area contributed by atoms with Gasteiger partial charge in [0.1, 0.15) is 18.2 Å². The number of aryl methyl sites for hydroxylation is 1. The van der Waals surface area contributed by atoms with Crippen molar-refractivity contribution in [2.75, 3.05) is 44.8 Å². The summed E-state index contributed by atoms with van der Waals surface area (Å²) >= 11 is 6.39. The van der Waals surface area contributed by atoms with E-state index in [0.29, 0.717) is 41.8 Å². The van der Waals surface area contributed by atoms with E-state index in [1.807, 2.05) is 38.1 Å². The summed E-state index contributed by atoms with van der Waals surface area (Å²) < 4.78 is 5.88. The lowest BCUT2D eigenvalue weighted by atomic mass is 9.89. The summed E-state index contributed by atoms with van der Waals surface area (Å²) in [5.74, 6) is 0.0766. The molecule has 1 unspecified atom stereocenters. The van der Waals surface area contributed by atoms with Crippen LogP contribution in [0.15, 0.2) is 30.5 Å².